The van der Waals surface area contributed by atoms with Crippen LogP contribution in [0.25, 0.3) is 0 Å². The number of rotatable bonds is 7. The third kappa shape index (κ3) is 6.89. The molecule has 0 unspecified atom stereocenters. The maximum atomic E-state index is 13.5. The Morgan fingerprint density at radius 1 is 0.818 bits per heavy atom. The molecule has 44 heavy (non-hydrogen) atoms. The first-order chi connectivity index (χ1) is 20.6. The quantitative estimate of drug-likeness (QED) is 0.453. The molecule has 2 atom stereocenters. The van der Waals surface area contributed by atoms with E-state index in [0.717, 1.165) is 24.3 Å². The van der Waals surface area contributed by atoms with E-state index in [9.17, 15) is 44.3 Å². The van der Waals surface area contributed by atoms with E-state index < -0.39 is 51.6 Å². The second-order valence-electron chi connectivity index (χ2n) is 11.4. The molecule has 0 saturated carbocycles. The number of nitrogens with zero attached hydrogens (tertiary/aromatic N) is 3. The summed E-state index contributed by atoms with van der Waals surface area (Å²) in [6.45, 7) is 0.516. The lowest BCUT2D eigenvalue weighted by Gasteiger charge is -2.43. The molecule has 0 aliphatic carbocycles. The van der Waals surface area contributed by atoms with Crippen molar-refractivity contribution < 1.29 is 44.3 Å². The summed E-state index contributed by atoms with van der Waals surface area (Å²) in [6, 6.07) is 8.50. The van der Waals surface area contributed by atoms with E-state index in [0.29, 0.717) is 43.4 Å². The van der Waals surface area contributed by atoms with Gasteiger partial charge in [-0.3, -0.25) is 9.59 Å². The van der Waals surface area contributed by atoms with Crippen LogP contribution in [0.4, 0.5) is 26.3 Å². The van der Waals surface area contributed by atoms with Gasteiger partial charge in [0.25, 0.3) is 10.2 Å². The maximum absolute atomic E-state index is 13.5. The molecule has 5 rings (SSSR count). The van der Waals surface area contributed by atoms with E-state index >= 15 is 0 Å². The van der Waals surface area contributed by atoms with Gasteiger partial charge in [-0.05, 0) is 55.0 Å². The Balaban J connectivity index is 1.16. The lowest BCUT2D eigenvalue weighted by Crippen LogP contribution is -2.57. The van der Waals surface area contributed by atoms with Gasteiger partial charge in [-0.25, -0.2) is 0 Å². The van der Waals surface area contributed by atoms with Crippen LogP contribution in [0, 0.1) is 5.92 Å². The number of alkyl halides is 6. The fraction of sp³-hybridized carbons (Fsp3) is 0.517. The van der Waals surface area contributed by atoms with Gasteiger partial charge >= 0.3 is 12.4 Å². The van der Waals surface area contributed by atoms with Crippen molar-refractivity contribution >= 4 is 22.0 Å². The van der Waals surface area contributed by atoms with E-state index in [-0.39, 0.29) is 44.5 Å². The molecule has 0 aromatic heterocycles. The van der Waals surface area contributed by atoms with Gasteiger partial charge in [0.1, 0.15) is 6.04 Å². The van der Waals surface area contributed by atoms with Crippen molar-refractivity contribution in [2.45, 2.75) is 56.5 Å². The summed E-state index contributed by atoms with van der Waals surface area (Å²) in [5.74, 6) is -1.80. The molecular formula is C29H32F6N4O4S. The minimum Gasteiger partial charge on any atom is -0.350 e. The molecule has 15 heteroatoms. The average molecular weight is 647 g/mol. The fourth-order valence-corrected chi connectivity index (χ4v) is 7.77. The summed E-state index contributed by atoms with van der Waals surface area (Å²) >= 11 is 0. The molecule has 3 fully saturated rings. The molecule has 0 spiro atoms. The van der Waals surface area contributed by atoms with Crippen LogP contribution in [0.15, 0.2) is 48.5 Å². The molecule has 1 N–H and O–H groups in total. The van der Waals surface area contributed by atoms with Gasteiger partial charge in [0.2, 0.25) is 11.8 Å². The van der Waals surface area contributed by atoms with Crippen LogP contribution in [-0.2, 0) is 38.7 Å². The van der Waals surface area contributed by atoms with Crippen LogP contribution < -0.4 is 5.32 Å². The molecule has 0 bridgehead atoms. The fourth-order valence-electron chi connectivity index (χ4n) is 5.98. The van der Waals surface area contributed by atoms with E-state index in [1.54, 1.807) is 6.07 Å². The molecular weight excluding hydrogens is 614 g/mol. The molecule has 2 aromatic carbocycles. The van der Waals surface area contributed by atoms with Crippen LogP contribution in [0.5, 0.6) is 0 Å². The first kappa shape index (κ1) is 32.2. The highest BCUT2D eigenvalue weighted by Crippen LogP contribution is 2.36. The number of piperidine rings is 1. The van der Waals surface area contributed by atoms with Crippen molar-refractivity contribution in [3.63, 3.8) is 0 Å². The Kier molecular flexibility index (Phi) is 9.02. The zero-order valence-corrected chi connectivity index (χ0v) is 24.4. The summed E-state index contributed by atoms with van der Waals surface area (Å²) in [5, 5.41) is 2.69. The first-order valence-electron chi connectivity index (χ1n) is 14.3. The molecule has 0 radical (unpaired) electrons. The summed E-state index contributed by atoms with van der Waals surface area (Å²) in [5.41, 5.74) is -0.707. The third-order valence-corrected chi connectivity index (χ3v) is 10.4. The Hall–Kier alpha value is -3.17. The Morgan fingerprint density at radius 3 is 2.14 bits per heavy atom. The number of benzene rings is 2. The molecule has 3 saturated heterocycles. The van der Waals surface area contributed by atoms with Crippen molar-refractivity contribution in [1.82, 2.24) is 18.8 Å². The normalized spacial score (nSPS) is 22.5. The molecule has 3 aliphatic heterocycles. The second kappa shape index (κ2) is 12.3. The van der Waals surface area contributed by atoms with Crippen LogP contribution >= 0.6 is 0 Å². The van der Waals surface area contributed by atoms with E-state index in [4.69, 9.17) is 0 Å². The minimum atomic E-state index is -4.50. The van der Waals surface area contributed by atoms with Gasteiger partial charge in [0.15, 0.2) is 0 Å². The number of carbonyl (C=O) groups is 2. The topological polar surface area (TPSA) is 90.0 Å². The zero-order valence-electron chi connectivity index (χ0n) is 23.6. The smallest absolute Gasteiger partial charge is 0.350 e. The lowest BCUT2D eigenvalue weighted by atomic mass is 9.92. The number of likely N-dealkylation sites (tertiary alicyclic amines) is 1. The third-order valence-electron chi connectivity index (χ3n) is 8.51. The van der Waals surface area contributed by atoms with Crippen molar-refractivity contribution in [3.8, 4) is 0 Å². The first-order valence-corrected chi connectivity index (χ1v) is 15.7. The van der Waals surface area contributed by atoms with Crippen molar-refractivity contribution in [3.05, 3.63) is 70.8 Å². The number of amides is 2. The number of halogens is 6. The van der Waals surface area contributed by atoms with Gasteiger partial charge in [-0.1, -0.05) is 30.3 Å². The number of carbonyl (C=O) groups excluding carboxylic acids is 2. The highest BCUT2D eigenvalue weighted by molar-refractivity contribution is 7.86. The molecule has 3 heterocycles. The average Bonchev–Trinajstić information content (AvgIpc) is 3.44. The van der Waals surface area contributed by atoms with Crippen molar-refractivity contribution in [2.75, 3.05) is 32.7 Å². The highest BCUT2D eigenvalue weighted by Gasteiger charge is 2.44. The molecule has 3 aliphatic rings. The SMILES string of the molecule is O=C(NCc1ccc(C(F)(F)F)cc1)[C@H]1CCCN1C(=O)[C@H]1CCCN(S(=O)(=O)N2CC(c3cccc(C(F)(F)F)c3)C2)C1. The Morgan fingerprint density at radius 2 is 1.48 bits per heavy atom. The second-order valence-corrected chi connectivity index (χ2v) is 13.4. The van der Waals surface area contributed by atoms with E-state index in [1.165, 1.54) is 31.7 Å². The Labute approximate surface area is 251 Å². The van der Waals surface area contributed by atoms with E-state index in [2.05, 4.69) is 5.32 Å². The van der Waals surface area contributed by atoms with Crippen LogP contribution in [-0.4, -0.2) is 72.5 Å². The maximum Gasteiger partial charge on any atom is 0.416 e. The summed E-state index contributed by atoms with van der Waals surface area (Å²) in [7, 11) is -3.95. The van der Waals surface area contributed by atoms with Crippen molar-refractivity contribution in [1.29, 1.82) is 0 Å². The summed E-state index contributed by atoms with van der Waals surface area (Å²) < 4.78 is 107. The molecule has 2 amide bonds. The summed E-state index contributed by atoms with van der Waals surface area (Å²) in [4.78, 5) is 27.9. The van der Waals surface area contributed by atoms with Crippen LogP contribution in [0.2, 0.25) is 0 Å². The largest absolute Gasteiger partial charge is 0.416 e. The number of nitrogens with one attached hydrogen (secondary N) is 1. The van der Waals surface area contributed by atoms with Gasteiger partial charge < -0.3 is 10.2 Å². The van der Waals surface area contributed by atoms with Gasteiger partial charge in [0, 0.05) is 45.2 Å². The lowest BCUT2D eigenvalue weighted by molar-refractivity contribution is -0.142. The number of hydrogen-bond donors (Lipinski definition) is 1. The predicted octanol–water partition coefficient (Wildman–Crippen LogP) is 4.39. The number of hydrogen-bond acceptors (Lipinski definition) is 4. The van der Waals surface area contributed by atoms with E-state index in [1.807, 2.05) is 0 Å². The Bertz CT molecular complexity index is 1480. The standard InChI is InChI=1S/C29H32F6N4O4S/c30-28(31,32)23-10-8-19(9-11-23)15-36-26(40)25-7-3-13-39(25)27(41)21-5-2-12-37(16-21)44(42,43)38-17-22(18-38)20-4-1-6-24(14-20)29(33,34)35/h1,4,6,8-11,14,21-22,25H,2-3,5,7,12-13,15-18H2,(H,36,40)/t21-,25+/m0/s1. The monoisotopic (exact) mass is 646 g/mol. The molecule has 240 valence electrons. The van der Waals surface area contributed by atoms with Gasteiger partial charge in [0.05, 0.1) is 17.0 Å². The van der Waals surface area contributed by atoms with Crippen molar-refractivity contribution in [2.24, 2.45) is 5.92 Å². The highest BCUT2D eigenvalue weighted by atomic mass is 32.2. The van der Waals surface area contributed by atoms with Gasteiger partial charge in [-0.15, -0.1) is 0 Å². The molecule has 2 aromatic rings. The molecule has 8 nitrogen and oxygen atoms in total. The minimum absolute atomic E-state index is 0.0116. The van der Waals surface area contributed by atoms with Gasteiger partial charge in [-0.2, -0.15) is 43.4 Å². The van der Waals surface area contributed by atoms with Crippen LogP contribution in [0.3, 0.4) is 0 Å². The van der Waals surface area contributed by atoms with Crippen LogP contribution in [0.1, 0.15) is 53.9 Å². The zero-order chi connectivity index (χ0) is 31.9. The predicted molar refractivity (Wildman–Crippen MR) is 147 cm³/mol. The summed E-state index contributed by atoms with van der Waals surface area (Å²) in [6.07, 6.45) is -7.12.